The van der Waals surface area contributed by atoms with Crippen LogP contribution in [0.25, 0.3) is 0 Å². The molecule has 0 bridgehead atoms. The number of benzene rings is 2. The van der Waals surface area contributed by atoms with Crippen molar-refractivity contribution in [3.8, 4) is 0 Å². The highest BCUT2D eigenvalue weighted by Crippen LogP contribution is 2.37. The first kappa shape index (κ1) is 22.6. The topological polar surface area (TPSA) is 73.0 Å². The molecule has 5 rings (SSSR count). The van der Waals surface area contributed by atoms with Crippen molar-refractivity contribution in [1.29, 1.82) is 0 Å². The average molecular weight is 461 g/mol. The minimum absolute atomic E-state index is 0.174. The van der Waals surface area contributed by atoms with Crippen molar-refractivity contribution < 1.29 is 14.4 Å². The van der Waals surface area contributed by atoms with Crippen LogP contribution in [0.4, 0.5) is 11.4 Å². The van der Waals surface area contributed by atoms with Crippen LogP contribution in [-0.2, 0) is 20.9 Å². The van der Waals surface area contributed by atoms with Crippen LogP contribution in [0.15, 0.2) is 54.6 Å². The Kier molecular flexibility index (Phi) is 6.63. The number of hydrogen-bond donors (Lipinski definition) is 1. The number of nitrogens with one attached hydrogen (secondary N) is 1. The summed E-state index contributed by atoms with van der Waals surface area (Å²) in [6.45, 7) is 4.71. The number of carbonyl (C=O) groups is 3. The molecule has 2 aliphatic heterocycles. The van der Waals surface area contributed by atoms with Crippen molar-refractivity contribution in [3.63, 3.8) is 0 Å². The fourth-order valence-corrected chi connectivity index (χ4v) is 5.49. The Labute approximate surface area is 200 Å². The van der Waals surface area contributed by atoms with Gasteiger partial charge in [-0.25, -0.2) is 0 Å². The molecule has 1 saturated carbocycles. The van der Waals surface area contributed by atoms with Crippen molar-refractivity contribution >= 4 is 29.1 Å². The molecule has 2 unspecified atom stereocenters. The molecule has 3 fully saturated rings. The highest BCUT2D eigenvalue weighted by molar-refractivity contribution is 6.08. The molecule has 2 saturated heterocycles. The van der Waals surface area contributed by atoms with Gasteiger partial charge in [-0.05, 0) is 42.7 Å². The smallest absolute Gasteiger partial charge is 0.244 e. The highest BCUT2D eigenvalue weighted by Gasteiger charge is 2.48. The summed E-state index contributed by atoms with van der Waals surface area (Å²) in [5, 5.41) is 2.84. The van der Waals surface area contributed by atoms with Gasteiger partial charge < -0.3 is 10.2 Å². The van der Waals surface area contributed by atoms with Gasteiger partial charge in [-0.2, -0.15) is 0 Å². The minimum atomic E-state index is -0.331. The average Bonchev–Trinajstić information content (AvgIpc) is 3.11. The third-order valence-electron chi connectivity index (χ3n) is 7.37. The van der Waals surface area contributed by atoms with E-state index in [1.165, 1.54) is 10.5 Å². The van der Waals surface area contributed by atoms with Crippen LogP contribution in [0.3, 0.4) is 0 Å². The van der Waals surface area contributed by atoms with Crippen LogP contribution < -0.4 is 10.2 Å². The quantitative estimate of drug-likeness (QED) is 0.671. The molecule has 2 heterocycles. The first-order chi connectivity index (χ1) is 16.6. The summed E-state index contributed by atoms with van der Waals surface area (Å²) in [5.41, 5.74) is 3.14. The van der Waals surface area contributed by atoms with Crippen molar-refractivity contribution in [3.05, 3.63) is 60.2 Å². The van der Waals surface area contributed by atoms with Gasteiger partial charge in [0.15, 0.2) is 0 Å². The lowest BCUT2D eigenvalue weighted by Crippen LogP contribution is -2.45. The molecule has 0 aromatic heterocycles. The predicted molar refractivity (Wildman–Crippen MR) is 131 cm³/mol. The van der Waals surface area contributed by atoms with E-state index in [0.717, 1.165) is 64.1 Å². The zero-order valence-corrected chi connectivity index (χ0v) is 19.5. The molecule has 7 heteroatoms. The number of amides is 3. The largest absolute Gasteiger partial charge is 0.369 e. The summed E-state index contributed by atoms with van der Waals surface area (Å²) in [7, 11) is 0. The monoisotopic (exact) mass is 460 g/mol. The van der Waals surface area contributed by atoms with E-state index in [1.54, 1.807) is 0 Å². The molecule has 2 aromatic carbocycles. The Morgan fingerprint density at radius 2 is 1.44 bits per heavy atom. The van der Waals surface area contributed by atoms with Gasteiger partial charge in [0.2, 0.25) is 17.7 Å². The van der Waals surface area contributed by atoms with Gasteiger partial charge in [0.05, 0.1) is 11.8 Å². The number of hydrogen-bond acceptors (Lipinski definition) is 5. The molecule has 3 aliphatic rings. The maximum Gasteiger partial charge on any atom is 0.244 e. The van der Waals surface area contributed by atoms with Gasteiger partial charge >= 0.3 is 0 Å². The normalized spacial score (nSPS) is 23.2. The van der Waals surface area contributed by atoms with Crippen LogP contribution in [0.5, 0.6) is 0 Å². The van der Waals surface area contributed by atoms with Crippen LogP contribution >= 0.6 is 0 Å². The van der Waals surface area contributed by atoms with Gasteiger partial charge in [-0.15, -0.1) is 0 Å². The number of likely N-dealkylation sites (tertiary alicyclic amines) is 1. The van der Waals surface area contributed by atoms with E-state index < -0.39 is 0 Å². The first-order valence-electron chi connectivity index (χ1n) is 12.3. The van der Waals surface area contributed by atoms with Crippen molar-refractivity contribution in [1.82, 2.24) is 9.80 Å². The zero-order valence-electron chi connectivity index (χ0n) is 19.5. The molecule has 1 aliphatic carbocycles. The summed E-state index contributed by atoms with van der Waals surface area (Å²) >= 11 is 0. The SMILES string of the molecule is O=C(CN1C(=O)C2CCCCC2C1=O)Nc1ccc(N2CCN(Cc3ccccc3)CC2)cc1. The molecule has 1 N–H and O–H groups in total. The van der Waals surface area contributed by atoms with E-state index in [9.17, 15) is 14.4 Å². The van der Waals surface area contributed by atoms with Gasteiger partial charge in [0.1, 0.15) is 6.54 Å². The Morgan fingerprint density at radius 1 is 0.824 bits per heavy atom. The second-order valence-electron chi connectivity index (χ2n) is 9.60. The second-order valence-corrected chi connectivity index (χ2v) is 9.60. The van der Waals surface area contributed by atoms with Crippen LogP contribution in [0.2, 0.25) is 0 Å². The molecule has 0 spiro atoms. The van der Waals surface area contributed by atoms with E-state index in [4.69, 9.17) is 0 Å². The number of anilines is 2. The molecular formula is C27H32N4O3. The Hall–Kier alpha value is -3.19. The van der Waals surface area contributed by atoms with E-state index in [2.05, 4.69) is 39.4 Å². The lowest BCUT2D eigenvalue weighted by molar-refractivity contribution is -0.142. The Balaban J connectivity index is 1.11. The molecule has 7 nitrogen and oxygen atoms in total. The number of imide groups is 1. The maximum atomic E-state index is 12.6. The van der Waals surface area contributed by atoms with E-state index in [-0.39, 0.29) is 36.1 Å². The lowest BCUT2D eigenvalue weighted by atomic mass is 9.81. The summed E-state index contributed by atoms with van der Waals surface area (Å²) < 4.78 is 0. The number of nitrogens with zero attached hydrogens (tertiary/aromatic N) is 3. The summed E-state index contributed by atoms with van der Waals surface area (Å²) in [5.74, 6) is -1.12. The molecule has 178 valence electrons. The molecule has 0 radical (unpaired) electrons. The second kappa shape index (κ2) is 9.97. The highest BCUT2D eigenvalue weighted by atomic mass is 16.2. The van der Waals surface area contributed by atoms with E-state index in [1.807, 2.05) is 30.3 Å². The van der Waals surface area contributed by atoms with Crippen LogP contribution in [0, 0.1) is 11.8 Å². The van der Waals surface area contributed by atoms with E-state index in [0.29, 0.717) is 5.69 Å². The van der Waals surface area contributed by atoms with Crippen LogP contribution in [0.1, 0.15) is 31.2 Å². The molecule has 34 heavy (non-hydrogen) atoms. The summed E-state index contributed by atoms with van der Waals surface area (Å²) in [4.78, 5) is 43.8. The third-order valence-corrected chi connectivity index (χ3v) is 7.37. The fourth-order valence-electron chi connectivity index (χ4n) is 5.49. The van der Waals surface area contributed by atoms with Gasteiger partial charge in [0, 0.05) is 44.1 Å². The van der Waals surface area contributed by atoms with Crippen molar-refractivity contribution in [2.45, 2.75) is 32.2 Å². The van der Waals surface area contributed by atoms with Gasteiger partial charge in [-0.1, -0.05) is 43.2 Å². The summed E-state index contributed by atoms with van der Waals surface area (Å²) in [6.07, 6.45) is 3.48. The van der Waals surface area contributed by atoms with E-state index >= 15 is 0 Å². The Morgan fingerprint density at radius 3 is 2.06 bits per heavy atom. The summed E-state index contributed by atoms with van der Waals surface area (Å²) in [6, 6.07) is 18.4. The van der Waals surface area contributed by atoms with Gasteiger partial charge in [-0.3, -0.25) is 24.2 Å². The minimum Gasteiger partial charge on any atom is -0.369 e. The Bertz CT molecular complexity index is 1010. The molecule has 2 aromatic rings. The molecule has 3 amide bonds. The fraction of sp³-hybridized carbons (Fsp3) is 0.444. The predicted octanol–water partition coefficient (Wildman–Crippen LogP) is 3.12. The first-order valence-corrected chi connectivity index (χ1v) is 12.3. The maximum absolute atomic E-state index is 12.6. The number of rotatable bonds is 6. The molecular weight excluding hydrogens is 428 g/mol. The van der Waals surface area contributed by atoms with Crippen LogP contribution in [-0.4, -0.2) is 60.2 Å². The van der Waals surface area contributed by atoms with Gasteiger partial charge in [0.25, 0.3) is 0 Å². The van der Waals surface area contributed by atoms with Crippen molar-refractivity contribution in [2.24, 2.45) is 11.8 Å². The third kappa shape index (κ3) is 4.85. The zero-order chi connectivity index (χ0) is 23.5. The lowest BCUT2D eigenvalue weighted by Gasteiger charge is -2.36. The standard InChI is InChI=1S/C27H32N4O3/c32-25(19-31-26(33)23-8-4-5-9-24(23)27(31)34)28-21-10-12-22(13-11-21)30-16-14-29(15-17-30)18-20-6-2-1-3-7-20/h1-3,6-7,10-13,23-24H,4-5,8-9,14-19H2,(H,28,32). The number of piperazine rings is 1. The number of fused-ring (bicyclic) bond motifs is 1. The van der Waals surface area contributed by atoms with Crippen molar-refractivity contribution in [2.75, 3.05) is 42.9 Å². The number of carbonyl (C=O) groups excluding carboxylic acids is 3. The molecule has 2 atom stereocenters.